The van der Waals surface area contributed by atoms with Crippen LogP contribution in [0.25, 0.3) is 10.4 Å². The first-order valence-electron chi connectivity index (χ1n) is 7.29. The molecule has 0 atom stereocenters. The maximum atomic E-state index is 9.29. The molecule has 0 amide bonds. The van der Waals surface area contributed by atoms with Crippen molar-refractivity contribution in [2.75, 3.05) is 5.73 Å². The average Bonchev–Trinajstić information content (AvgIpc) is 2.98. The highest BCUT2D eigenvalue weighted by atomic mass is 32.1. The molecule has 0 aliphatic heterocycles. The van der Waals surface area contributed by atoms with Gasteiger partial charge in [-0.15, -0.1) is 11.3 Å². The number of benzene rings is 2. The Morgan fingerprint density at radius 2 is 1.91 bits per heavy atom. The van der Waals surface area contributed by atoms with Gasteiger partial charge in [-0.2, -0.15) is 0 Å². The van der Waals surface area contributed by atoms with Crippen molar-refractivity contribution < 1.29 is 5.11 Å². The van der Waals surface area contributed by atoms with E-state index in [0.717, 1.165) is 23.2 Å². The van der Waals surface area contributed by atoms with Crippen LogP contribution in [0.15, 0.2) is 54.6 Å². The average molecular weight is 309 g/mol. The van der Waals surface area contributed by atoms with Crippen molar-refractivity contribution in [1.82, 2.24) is 0 Å². The molecule has 0 unspecified atom stereocenters. The molecule has 0 aliphatic carbocycles. The normalized spacial score (nSPS) is 10.8. The Balaban J connectivity index is 1.86. The number of aliphatic hydroxyl groups excluding tert-OH is 1. The summed E-state index contributed by atoms with van der Waals surface area (Å²) in [6, 6.07) is 18.5. The number of aliphatic hydroxyl groups is 1. The fourth-order valence-corrected chi connectivity index (χ4v) is 3.55. The van der Waals surface area contributed by atoms with E-state index in [2.05, 4.69) is 37.3 Å². The zero-order valence-corrected chi connectivity index (χ0v) is 13.4. The van der Waals surface area contributed by atoms with E-state index in [0.29, 0.717) is 0 Å². The minimum atomic E-state index is 0.0895. The van der Waals surface area contributed by atoms with Gasteiger partial charge in [0.25, 0.3) is 0 Å². The fourth-order valence-electron chi connectivity index (χ4n) is 2.52. The second-order valence-corrected chi connectivity index (χ2v) is 6.66. The Bertz CT molecular complexity index is 792. The van der Waals surface area contributed by atoms with Gasteiger partial charge in [-0.05, 0) is 53.4 Å². The number of hydrogen-bond donors (Lipinski definition) is 2. The molecular formula is C19H19NOS. The molecule has 0 radical (unpaired) electrons. The van der Waals surface area contributed by atoms with E-state index in [4.69, 9.17) is 5.73 Å². The van der Waals surface area contributed by atoms with Crippen LogP contribution < -0.4 is 5.73 Å². The Hall–Kier alpha value is -2.10. The highest BCUT2D eigenvalue weighted by Gasteiger charge is 2.07. The summed E-state index contributed by atoms with van der Waals surface area (Å²) in [6.45, 7) is 2.20. The second kappa shape index (κ2) is 6.34. The van der Waals surface area contributed by atoms with Gasteiger partial charge in [0, 0.05) is 21.9 Å². The standard InChI is InChI=1S/C19H19NOS/c1-13-5-6-14(12-21)9-16(13)11-18-7-8-19(22-18)15-3-2-4-17(20)10-15/h2-10,21H,11-12,20H2,1H3. The predicted octanol–water partition coefficient (Wildman–Crippen LogP) is 4.39. The van der Waals surface area contributed by atoms with Crippen molar-refractivity contribution in [1.29, 1.82) is 0 Å². The van der Waals surface area contributed by atoms with Crippen LogP contribution in [0.3, 0.4) is 0 Å². The molecule has 0 fully saturated rings. The van der Waals surface area contributed by atoms with Gasteiger partial charge in [-0.25, -0.2) is 0 Å². The van der Waals surface area contributed by atoms with Gasteiger partial charge in [-0.1, -0.05) is 30.3 Å². The lowest BCUT2D eigenvalue weighted by Crippen LogP contribution is -1.92. The van der Waals surface area contributed by atoms with Crippen LogP contribution in [0.5, 0.6) is 0 Å². The van der Waals surface area contributed by atoms with E-state index in [1.54, 1.807) is 11.3 Å². The third-order valence-corrected chi connectivity index (χ3v) is 4.93. The summed E-state index contributed by atoms with van der Waals surface area (Å²) in [4.78, 5) is 2.55. The zero-order chi connectivity index (χ0) is 15.5. The maximum absolute atomic E-state index is 9.29. The van der Waals surface area contributed by atoms with Gasteiger partial charge >= 0.3 is 0 Å². The Morgan fingerprint density at radius 1 is 1.05 bits per heavy atom. The van der Waals surface area contributed by atoms with E-state index >= 15 is 0 Å². The summed E-state index contributed by atoms with van der Waals surface area (Å²) in [6.07, 6.45) is 0.895. The fraction of sp³-hybridized carbons (Fsp3) is 0.158. The predicted molar refractivity (Wildman–Crippen MR) is 94.1 cm³/mol. The monoisotopic (exact) mass is 309 g/mol. The Kier molecular flexibility index (Phi) is 4.27. The first-order chi connectivity index (χ1) is 10.7. The number of thiophene rings is 1. The van der Waals surface area contributed by atoms with Crippen molar-refractivity contribution in [2.45, 2.75) is 20.0 Å². The van der Waals surface area contributed by atoms with Gasteiger partial charge < -0.3 is 10.8 Å². The van der Waals surface area contributed by atoms with E-state index < -0.39 is 0 Å². The topological polar surface area (TPSA) is 46.2 Å². The number of anilines is 1. The number of hydrogen-bond acceptors (Lipinski definition) is 3. The van der Waals surface area contributed by atoms with E-state index in [9.17, 15) is 5.11 Å². The summed E-state index contributed by atoms with van der Waals surface area (Å²) in [5.74, 6) is 0. The van der Waals surface area contributed by atoms with Crippen LogP contribution in [-0.2, 0) is 13.0 Å². The molecule has 0 saturated carbocycles. The third-order valence-electron chi connectivity index (χ3n) is 3.79. The van der Waals surface area contributed by atoms with Crippen LogP contribution in [0.2, 0.25) is 0 Å². The molecule has 112 valence electrons. The summed E-state index contributed by atoms with van der Waals surface area (Å²) in [5.41, 5.74) is 11.3. The SMILES string of the molecule is Cc1ccc(CO)cc1Cc1ccc(-c2cccc(N)c2)s1. The van der Waals surface area contributed by atoms with E-state index in [1.807, 2.05) is 24.3 Å². The largest absolute Gasteiger partial charge is 0.399 e. The molecule has 0 saturated heterocycles. The van der Waals surface area contributed by atoms with Crippen LogP contribution in [-0.4, -0.2) is 5.11 Å². The van der Waals surface area contributed by atoms with Gasteiger partial charge in [0.1, 0.15) is 0 Å². The highest BCUT2D eigenvalue weighted by Crippen LogP contribution is 2.31. The van der Waals surface area contributed by atoms with Crippen LogP contribution in [0.1, 0.15) is 21.6 Å². The molecule has 3 rings (SSSR count). The smallest absolute Gasteiger partial charge is 0.0681 e. The molecular weight excluding hydrogens is 290 g/mol. The maximum Gasteiger partial charge on any atom is 0.0681 e. The Labute approximate surface area is 134 Å². The van der Waals surface area contributed by atoms with Crippen molar-refractivity contribution in [3.63, 3.8) is 0 Å². The number of nitrogens with two attached hydrogens (primary N) is 1. The molecule has 0 aliphatic rings. The lowest BCUT2D eigenvalue weighted by Gasteiger charge is -2.06. The molecule has 3 N–H and O–H groups in total. The third kappa shape index (κ3) is 3.21. The van der Waals surface area contributed by atoms with E-state index in [-0.39, 0.29) is 6.61 Å². The van der Waals surface area contributed by atoms with Crippen molar-refractivity contribution >= 4 is 17.0 Å². The minimum absolute atomic E-state index is 0.0895. The zero-order valence-electron chi connectivity index (χ0n) is 12.5. The van der Waals surface area contributed by atoms with Crippen LogP contribution >= 0.6 is 11.3 Å². The molecule has 1 heterocycles. The second-order valence-electron chi connectivity index (χ2n) is 5.49. The van der Waals surface area contributed by atoms with Crippen molar-refractivity contribution in [3.8, 4) is 10.4 Å². The van der Waals surface area contributed by atoms with Crippen LogP contribution in [0, 0.1) is 6.92 Å². The molecule has 22 heavy (non-hydrogen) atoms. The van der Waals surface area contributed by atoms with E-state index in [1.165, 1.54) is 20.9 Å². The summed E-state index contributed by atoms with van der Waals surface area (Å²) >= 11 is 1.79. The first kappa shape index (κ1) is 14.8. The Morgan fingerprint density at radius 3 is 2.68 bits per heavy atom. The molecule has 2 aromatic carbocycles. The molecule has 3 aromatic rings. The molecule has 2 nitrogen and oxygen atoms in total. The molecule has 1 aromatic heterocycles. The highest BCUT2D eigenvalue weighted by molar-refractivity contribution is 7.15. The molecule has 3 heteroatoms. The number of nitrogen functional groups attached to an aromatic ring is 1. The molecule has 0 bridgehead atoms. The number of rotatable bonds is 4. The molecule has 0 spiro atoms. The summed E-state index contributed by atoms with van der Waals surface area (Å²) in [7, 11) is 0. The first-order valence-corrected chi connectivity index (χ1v) is 8.11. The van der Waals surface area contributed by atoms with Gasteiger partial charge in [0.05, 0.1) is 6.61 Å². The van der Waals surface area contributed by atoms with Gasteiger partial charge in [0.15, 0.2) is 0 Å². The quantitative estimate of drug-likeness (QED) is 0.702. The minimum Gasteiger partial charge on any atom is -0.399 e. The van der Waals surface area contributed by atoms with Gasteiger partial charge in [0.2, 0.25) is 0 Å². The van der Waals surface area contributed by atoms with Crippen LogP contribution in [0.4, 0.5) is 5.69 Å². The van der Waals surface area contributed by atoms with Gasteiger partial charge in [-0.3, -0.25) is 0 Å². The van der Waals surface area contributed by atoms with Crippen molar-refractivity contribution in [3.05, 3.63) is 76.2 Å². The summed E-state index contributed by atoms with van der Waals surface area (Å²) < 4.78 is 0. The lowest BCUT2D eigenvalue weighted by molar-refractivity contribution is 0.281. The number of aryl methyl sites for hydroxylation is 1. The van der Waals surface area contributed by atoms with Crippen molar-refractivity contribution in [2.24, 2.45) is 0 Å². The summed E-state index contributed by atoms with van der Waals surface area (Å²) in [5, 5.41) is 9.29. The lowest BCUT2D eigenvalue weighted by atomic mass is 10.0.